The summed E-state index contributed by atoms with van der Waals surface area (Å²) in [5.74, 6) is 0.497. The molecular weight excluding hydrogens is 387 g/mol. The average Bonchev–Trinajstić information content (AvgIpc) is 3.35. The Hall–Kier alpha value is -2.73. The smallest absolute Gasteiger partial charge is 0.254 e. The maximum absolute atomic E-state index is 13.5. The standard InChI is InChI=1S/C23H23FN2O2S/c1-16-25-20(15-29-16)14-28-22-9-7-18(8-10-22)23(27)26-11-3-6-21(26)13-17-4-2-5-19(24)12-17/h2,4-5,7-10,12,15,21H,3,6,11,13-14H2,1H3. The molecule has 0 spiro atoms. The van der Waals surface area contributed by atoms with Gasteiger partial charge in [0.1, 0.15) is 18.2 Å². The lowest BCUT2D eigenvalue weighted by molar-refractivity contribution is 0.0736. The van der Waals surface area contributed by atoms with Gasteiger partial charge in [0.25, 0.3) is 5.91 Å². The lowest BCUT2D eigenvalue weighted by Crippen LogP contribution is -2.36. The molecule has 0 radical (unpaired) electrons. The fourth-order valence-electron chi connectivity index (χ4n) is 3.74. The van der Waals surface area contributed by atoms with Crippen LogP contribution in [0.2, 0.25) is 0 Å². The van der Waals surface area contributed by atoms with Crippen LogP contribution in [-0.4, -0.2) is 28.4 Å². The molecule has 1 atom stereocenters. The Morgan fingerprint density at radius 2 is 2.10 bits per heavy atom. The molecule has 1 aromatic heterocycles. The number of likely N-dealkylation sites (tertiary alicyclic amines) is 1. The Balaban J connectivity index is 1.38. The third-order valence-electron chi connectivity index (χ3n) is 5.15. The Morgan fingerprint density at radius 3 is 2.83 bits per heavy atom. The van der Waals surface area contributed by atoms with Crippen molar-refractivity contribution < 1.29 is 13.9 Å². The number of aryl methyl sites for hydroxylation is 1. The van der Waals surface area contributed by atoms with Gasteiger partial charge in [0.2, 0.25) is 0 Å². The number of amides is 1. The van der Waals surface area contributed by atoms with Crippen molar-refractivity contribution in [2.24, 2.45) is 0 Å². The fraction of sp³-hybridized carbons (Fsp3) is 0.304. The van der Waals surface area contributed by atoms with Crippen LogP contribution in [0.4, 0.5) is 4.39 Å². The van der Waals surface area contributed by atoms with E-state index < -0.39 is 0 Å². The molecule has 0 aliphatic carbocycles. The molecule has 4 rings (SSSR count). The van der Waals surface area contributed by atoms with Gasteiger partial charge in [-0.3, -0.25) is 4.79 Å². The molecule has 1 aliphatic rings. The van der Waals surface area contributed by atoms with Gasteiger partial charge in [0.05, 0.1) is 10.7 Å². The largest absolute Gasteiger partial charge is 0.487 e. The van der Waals surface area contributed by atoms with Crippen LogP contribution in [-0.2, 0) is 13.0 Å². The first-order valence-corrected chi connectivity index (χ1v) is 10.7. The summed E-state index contributed by atoms with van der Waals surface area (Å²) in [4.78, 5) is 19.3. The van der Waals surface area contributed by atoms with E-state index in [4.69, 9.17) is 4.74 Å². The number of nitrogens with zero attached hydrogens (tertiary/aromatic N) is 2. The van der Waals surface area contributed by atoms with Crippen molar-refractivity contribution in [3.63, 3.8) is 0 Å². The van der Waals surface area contributed by atoms with Crippen molar-refractivity contribution in [1.29, 1.82) is 0 Å². The van der Waals surface area contributed by atoms with Crippen LogP contribution >= 0.6 is 11.3 Å². The van der Waals surface area contributed by atoms with Crippen molar-refractivity contribution in [2.45, 2.75) is 38.8 Å². The first-order chi connectivity index (χ1) is 14.1. The third kappa shape index (κ3) is 4.82. The van der Waals surface area contributed by atoms with E-state index in [0.717, 1.165) is 35.7 Å². The van der Waals surface area contributed by atoms with Crippen LogP contribution in [0.1, 0.15) is 39.5 Å². The van der Waals surface area contributed by atoms with E-state index in [0.29, 0.717) is 24.3 Å². The Bertz CT molecular complexity index is 987. The normalized spacial score (nSPS) is 16.2. The highest BCUT2D eigenvalue weighted by Gasteiger charge is 2.29. The van der Waals surface area contributed by atoms with Crippen LogP contribution in [0.3, 0.4) is 0 Å². The zero-order valence-corrected chi connectivity index (χ0v) is 17.1. The Morgan fingerprint density at radius 1 is 1.28 bits per heavy atom. The summed E-state index contributed by atoms with van der Waals surface area (Å²) in [6, 6.07) is 14.0. The van der Waals surface area contributed by atoms with Crippen molar-refractivity contribution >= 4 is 17.2 Å². The molecule has 3 aromatic rings. The Labute approximate surface area is 174 Å². The van der Waals surface area contributed by atoms with E-state index in [-0.39, 0.29) is 17.8 Å². The molecule has 0 bridgehead atoms. The summed E-state index contributed by atoms with van der Waals surface area (Å²) < 4.78 is 19.2. The zero-order valence-electron chi connectivity index (χ0n) is 16.3. The summed E-state index contributed by atoms with van der Waals surface area (Å²) in [5, 5.41) is 3.00. The molecule has 29 heavy (non-hydrogen) atoms. The number of ether oxygens (including phenoxy) is 1. The number of hydrogen-bond acceptors (Lipinski definition) is 4. The number of carbonyl (C=O) groups is 1. The fourth-order valence-corrected chi connectivity index (χ4v) is 4.34. The van der Waals surface area contributed by atoms with Crippen LogP contribution < -0.4 is 4.74 Å². The summed E-state index contributed by atoms with van der Waals surface area (Å²) >= 11 is 1.60. The van der Waals surface area contributed by atoms with E-state index >= 15 is 0 Å². The van der Waals surface area contributed by atoms with Crippen molar-refractivity contribution in [3.8, 4) is 5.75 Å². The highest BCUT2D eigenvalue weighted by molar-refractivity contribution is 7.09. The summed E-state index contributed by atoms with van der Waals surface area (Å²) in [5.41, 5.74) is 2.48. The van der Waals surface area contributed by atoms with Crippen LogP contribution in [0.15, 0.2) is 53.9 Å². The quantitative estimate of drug-likeness (QED) is 0.573. The molecule has 1 fully saturated rings. The van der Waals surface area contributed by atoms with E-state index in [1.165, 1.54) is 6.07 Å². The highest BCUT2D eigenvalue weighted by atomic mass is 32.1. The molecule has 150 valence electrons. The van der Waals surface area contributed by atoms with E-state index in [1.807, 2.05) is 47.5 Å². The first kappa shape index (κ1) is 19.6. The zero-order chi connectivity index (χ0) is 20.2. The second-order valence-electron chi connectivity index (χ2n) is 7.30. The molecule has 0 saturated carbocycles. The minimum absolute atomic E-state index is 0.0191. The van der Waals surface area contributed by atoms with Gasteiger partial charge < -0.3 is 9.64 Å². The summed E-state index contributed by atoms with van der Waals surface area (Å²) in [7, 11) is 0. The van der Waals surface area contributed by atoms with Gasteiger partial charge in [-0.05, 0) is 68.1 Å². The van der Waals surface area contributed by atoms with Gasteiger partial charge >= 0.3 is 0 Å². The molecule has 1 amide bonds. The number of carbonyl (C=O) groups excluding carboxylic acids is 1. The van der Waals surface area contributed by atoms with Gasteiger partial charge in [0, 0.05) is 23.5 Å². The second-order valence-corrected chi connectivity index (χ2v) is 8.36. The number of aromatic nitrogens is 1. The number of benzene rings is 2. The predicted molar refractivity (Wildman–Crippen MR) is 112 cm³/mol. The molecule has 2 heterocycles. The molecule has 1 aliphatic heterocycles. The molecule has 2 aromatic carbocycles. The van der Waals surface area contributed by atoms with Crippen molar-refractivity contribution in [2.75, 3.05) is 6.54 Å². The highest BCUT2D eigenvalue weighted by Crippen LogP contribution is 2.25. The second kappa shape index (κ2) is 8.74. The van der Waals surface area contributed by atoms with E-state index in [9.17, 15) is 9.18 Å². The van der Waals surface area contributed by atoms with Crippen molar-refractivity contribution in [1.82, 2.24) is 9.88 Å². The maximum atomic E-state index is 13.5. The van der Waals surface area contributed by atoms with Crippen molar-refractivity contribution in [3.05, 3.63) is 81.6 Å². The van der Waals surface area contributed by atoms with Crippen LogP contribution in [0.5, 0.6) is 5.75 Å². The van der Waals surface area contributed by atoms with Gasteiger partial charge in [-0.2, -0.15) is 0 Å². The SMILES string of the molecule is Cc1nc(COc2ccc(C(=O)N3CCCC3Cc3cccc(F)c3)cc2)cs1. The minimum atomic E-state index is -0.234. The first-order valence-electron chi connectivity index (χ1n) is 9.78. The molecule has 0 N–H and O–H groups in total. The molecule has 1 unspecified atom stereocenters. The van der Waals surface area contributed by atoms with E-state index in [1.54, 1.807) is 23.5 Å². The van der Waals surface area contributed by atoms with E-state index in [2.05, 4.69) is 4.98 Å². The Kier molecular flexibility index (Phi) is 5.90. The van der Waals surface area contributed by atoms with Crippen LogP contribution in [0.25, 0.3) is 0 Å². The topological polar surface area (TPSA) is 42.4 Å². The number of thiazole rings is 1. The molecule has 1 saturated heterocycles. The lowest BCUT2D eigenvalue weighted by Gasteiger charge is -2.25. The number of rotatable bonds is 6. The minimum Gasteiger partial charge on any atom is -0.487 e. The lowest BCUT2D eigenvalue weighted by atomic mass is 10.0. The molecular formula is C23H23FN2O2S. The maximum Gasteiger partial charge on any atom is 0.254 e. The average molecular weight is 411 g/mol. The summed E-state index contributed by atoms with van der Waals surface area (Å²) in [6.07, 6.45) is 2.59. The van der Waals surface area contributed by atoms with Gasteiger partial charge in [-0.15, -0.1) is 11.3 Å². The third-order valence-corrected chi connectivity index (χ3v) is 5.98. The van der Waals surface area contributed by atoms with Gasteiger partial charge in [-0.1, -0.05) is 12.1 Å². The van der Waals surface area contributed by atoms with Crippen LogP contribution in [0, 0.1) is 12.7 Å². The van der Waals surface area contributed by atoms with Gasteiger partial charge in [-0.25, -0.2) is 9.37 Å². The molecule has 4 nitrogen and oxygen atoms in total. The number of halogens is 1. The summed E-state index contributed by atoms with van der Waals surface area (Å²) in [6.45, 7) is 3.12. The predicted octanol–water partition coefficient (Wildman–Crippen LogP) is 5.02. The monoisotopic (exact) mass is 410 g/mol. The molecule has 6 heteroatoms. The number of hydrogen-bond donors (Lipinski definition) is 0. The van der Waals surface area contributed by atoms with Gasteiger partial charge in [0.15, 0.2) is 0 Å².